The lowest BCUT2D eigenvalue weighted by atomic mass is 9.91. The Morgan fingerprint density at radius 2 is 1.56 bits per heavy atom. The highest BCUT2D eigenvalue weighted by Gasteiger charge is 2.61. The van der Waals surface area contributed by atoms with Gasteiger partial charge in [0.2, 0.25) is 5.91 Å². The second-order valence-electron chi connectivity index (χ2n) is 10.2. The summed E-state index contributed by atoms with van der Waals surface area (Å²) >= 11 is 6.17. The second-order valence-corrected chi connectivity index (χ2v) is 10.7. The SMILES string of the molecule is CN(Cc1ccc(F)cc1)C(=O)[C@@]1(c2ccc(Cl)cc2)C[C@H]1CN1CCN(Cc2ccccc2)CC1. The number of carbonyl (C=O) groups excluding carboxylic acids is 1. The minimum absolute atomic E-state index is 0.127. The number of benzene rings is 3. The Labute approximate surface area is 218 Å². The zero-order valence-electron chi connectivity index (χ0n) is 20.7. The topological polar surface area (TPSA) is 26.8 Å². The summed E-state index contributed by atoms with van der Waals surface area (Å²) in [4.78, 5) is 20.7. The van der Waals surface area contributed by atoms with E-state index in [0.717, 1.165) is 56.8 Å². The molecule has 36 heavy (non-hydrogen) atoms. The molecule has 5 rings (SSSR count). The van der Waals surface area contributed by atoms with Gasteiger partial charge in [-0.3, -0.25) is 9.69 Å². The maximum atomic E-state index is 13.9. The number of nitrogens with zero attached hydrogens (tertiary/aromatic N) is 3. The summed E-state index contributed by atoms with van der Waals surface area (Å²) in [5.74, 6) is 0.126. The molecular weight excluding hydrogens is 473 g/mol. The summed E-state index contributed by atoms with van der Waals surface area (Å²) in [6, 6.07) is 24.8. The predicted octanol–water partition coefficient (Wildman–Crippen LogP) is 5.21. The summed E-state index contributed by atoms with van der Waals surface area (Å²) in [5.41, 5.74) is 2.78. The molecule has 4 nitrogen and oxygen atoms in total. The molecule has 0 N–H and O–H groups in total. The van der Waals surface area contributed by atoms with Gasteiger partial charge in [-0.15, -0.1) is 0 Å². The fourth-order valence-corrected chi connectivity index (χ4v) is 5.72. The van der Waals surface area contributed by atoms with Crippen molar-refractivity contribution in [1.82, 2.24) is 14.7 Å². The molecule has 2 aliphatic rings. The van der Waals surface area contributed by atoms with E-state index in [2.05, 4.69) is 40.1 Å². The lowest BCUT2D eigenvalue weighted by Gasteiger charge is -2.35. The zero-order chi connectivity index (χ0) is 25.1. The van der Waals surface area contributed by atoms with Crippen molar-refractivity contribution < 1.29 is 9.18 Å². The lowest BCUT2D eigenvalue weighted by molar-refractivity contribution is -0.133. The Bertz CT molecular complexity index is 1160. The summed E-state index contributed by atoms with van der Waals surface area (Å²) < 4.78 is 13.3. The summed E-state index contributed by atoms with van der Waals surface area (Å²) in [7, 11) is 1.85. The lowest BCUT2D eigenvalue weighted by Crippen LogP contribution is -2.47. The van der Waals surface area contributed by atoms with Crippen LogP contribution in [0, 0.1) is 11.7 Å². The Hall–Kier alpha value is -2.73. The quantitative estimate of drug-likeness (QED) is 0.420. The minimum Gasteiger partial charge on any atom is -0.341 e. The summed E-state index contributed by atoms with van der Waals surface area (Å²) in [6.45, 7) is 6.46. The van der Waals surface area contributed by atoms with Crippen molar-refractivity contribution in [2.24, 2.45) is 5.92 Å². The van der Waals surface area contributed by atoms with Crippen molar-refractivity contribution in [2.45, 2.75) is 24.9 Å². The molecule has 1 amide bonds. The number of hydrogen-bond donors (Lipinski definition) is 0. The number of likely N-dealkylation sites (N-methyl/N-ethyl adjacent to an activating group) is 1. The number of hydrogen-bond acceptors (Lipinski definition) is 3. The smallest absolute Gasteiger partial charge is 0.233 e. The summed E-state index contributed by atoms with van der Waals surface area (Å²) in [5, 5.41) is 0.674. The van der Waals surface area contributed by atoms with Crippen LogP contribution in [0.15, 0.2) is 78.9 Å². The van der Waals surface area contributed by atoms with E-state index in [0.29, 0.717) is 11.6 Å². The molecule has 2 atom stereocenters. The molecule has 1 heterocycles. The molecule has 0 spiro atoms. The van der Waals surface area contributed by atoms with E-state index in [4.69, 9.17) is 11.6 Å². The van der Waals surface area contributed by atoms with Crippen LogP contribution in [0.4, 0.5) is 4.39 Å². The van der Waals surface area contributed by atoms with Crippen LogP contribution >= 0.6 is 11.6 Å². The van der Waals surface area contributed by atoms with Crippen molar-refractivity contribution in [3.05, 3.63) is 106 Å². The Balaban J connectivity index is 1.25. The van der Waals surface area contributed by atoms with E-state index >= 15 is 0 Å². The normalized spacial score (nSPS) is 22.4. The van der Waals surface area contributed by atoms with Gasteiger partial charge in [-0.05, 0) is 53.3 Å². The van der Waals surface area contributed by atoms with Gasteiger partial charge in [0.15, 0.2) is 0 Å². The molecular formula is C30H33ClFN3O. The molecule has 0 aromatic heterocycles. The standard InChI is InChI=1S/C30H33ClFN3O/c1-33(20-24-7-13-28(32)14-8-24)29(36)30(25-9-11-27(31)12-10-25)19-26(30)22-35-17-15-34(16-18-35)21-23-5-3-2-4-6-23/h2-14,26H,15-22H2,1H3/t26-,30+/m0/s1. The molecule has 1 saturated heterocycles. The van der Waals surface area contributed by atoms with Crippen molar-refractivity contribution >= 4 is 17.5 Å². The molecule has 1 saturated carbocycles. The van der Waals surface area contributed by atoms with Gasteiger partial charge in [0.05, 0.1) is 5.41 Å². The highest BCUT2D eigenvalue weighted by atomic mass is 35.5. The first-order valence-electron chi connectivity index (χ1n) is 12.7. The number of piperazine rings is 1. The third-order valence-electron chi connectivity index (χ3n) is 7.72. The van der Waals surface area contributed by atoms with Crippen LogP contribution in [-0.2, 0) is 23.3 Å². The van der Waals surface area contributed by atoms with Crippen LogP contribution in [0.1, 0.15) is 23.1 Å². The molecule has 3 aromatic rings. The van der Waals surface area contributed by atoms with Crippen LogP contribution in [0.2, 0.25) is 5.02 Å². The largest absolute Gasteiger partial charge is 0.341 e. The van der Waals surface area contributed by atoms with Gasteiger partial charge in [-0.2, -0.15) is 0 Å². The molecule has 3 aromatic carbocycles. The third-order valence-corrected chi connectivity index (χ3v) is 7.97. The number of rotatable bonds is 8. The number of amides is 1. The third kappa shape index (κ3) is 5.49. The zero-order valence-corrected chi connectivity index (χ0v) is 21.5. The van der Waals surface area contributed by atoms with Gasteiger partial charge in [-0.25, -0.2) is 4.39 Å². The number of carbonyl (C=O) groups is 1. The van der Waals surface area contributed by atoms with Crippen LogP contribution < -0.4 is 0 Å². The average molecular weight is 506 g/mol. The first-order chi connectivity index (χ1) is 17.4. The van der Waals surface area contributed by atoms with E-state index in [-0.39, 0.29) is 17.6 Å². The molecule has 6 heteroatoms. The van der Waals surface area contributed by atoms with Crippen LogP contribution in [-0.4, -0.2) is 60.4 Å². The van der Waals surface area contributed by atoms with Crippen LogP contribution in [0.3, 0.4) is 0 Å². The maximum absolute atomic E-state index is 13.9. The molecule has 188 valence electrons. The Morgan fingerprint density at radius 1 is 0.917 bits per heavy atom. The first kappa shape index (κ1) is 24.9. The minimum atomic E-state index is -0.527. The van der Waals surface area contributed by atoms with E-state index in [1.165, 1.54) is 17.7 Å². The Kier molecular flexibility index (Phi) is 7.42. The van der Waals surface area contributed by atoms with E-state index in [1.54, 1.807) is 17.0 Å². The fourth-order valence-electron chi connectivity index (χ4n) is 5.60. The van der Waals surface area contributed by atoms with Gasteiger partial charge in [0, 0.05) is 57.9 Å². The highest BCUT2D eigenvalue weighted by Crippen LogP contribution is 2.56. The van der Waals surface area contributed by atoms with Crippen LogP contribution in [0.5, 0.6) is 0 Å². The first-order valence-corrected chi connectivity index (χ1v) is 13.1. The average Bonchev–Trinajstić information content (AvgIpc) is 3.61. The molecule has 2 fully saturated rings. The second kappa shape index (κ2) is 10.7. The van der Waals surface area contributed by atoms with E-state index in [9.17, 15) is 9.18 Å². The van der Waals surface area contributed by atoms with Gasteiger partial charge in [0.1, 0.15) is 5.82 Å². The van der Waals surface area contributed by atoms with E-state index in [1.807, 2.05) is 31.3 Å². The van der Waals surface area contributed by atoms with Gasteiger partial charge in [0.25, 0.3) is 0 Å². The Morgan fingerprint density at radius 3 is 2.22 bits per heavy atom. The van der Waals surface area contributed by atoms with Gasteiger partial charge < -0.3 is 9.80 Å². The molecule has 0 radical (unpaired) electrons. The predicted molar refractivity (Wildman–Crippen MR) is 142 cm³/mol. The maximum Gasteiger partial charge on any atom is 0.233 e. The van der Waals surface area contributed by atoms with E-state index < -0.39 is 5.41 Å². The molecule has 0 bridgehead atoms. The monoisotopic (exact) mass is 505 g/mol. The van der Waals surface area contributed by atoms with Crippen molar-refractivity contribution in [3.8, 4) is 0 Å². The number of halogens is 2. The van der Waals surface area contributed by atoms with Gasteiger partial charge in [-0.1, -0.05) is 66.2 Å². The van der Waals surface area contributed by atoms with Gasteiger partial charge >= 0.3 is 0 Å². The molecule has 0 unspecified atom stereocenters. The molecule has 1 aliphatic carbocycles. The van der Waals surface area contributed by atoms with Crippen molar-refractivity contribution in [1.29, 1.82) is 0 Å². The molecule has 1 aliphatic heterocycles. The fraction of sp³-hybridized carbons (Fsp3) is 0.367. The highest BCUT2D eigenvalue weighted by molar-refractivity contribution is 6.30. The van der Waals surface area contributed by atoms with Crippen molar-refractivity contribution in [2.75, 3.05) is 39.8 Å². The van der Waals surface area contributed by atoms with Crippen LogP contribution in [0.25, 0.3) is 0 Å². The van der Waals surface area contributed by atoms with Crippen molar-refractivity contribution in [3.63, 3.8) is 0 Å². The summed E-state index contributed by atoms with van der Waals surface area (Å²) in [6.07, 6.45) is 0.839.